The van der Waals surface area contributed by atoms with Crippen LogP contribution in [0.3, 0.4) is 0 Å². The van der Waals surface area contributed by atoms with Gasteiger partial charge in [-0.05, 0) is 36.8 Å². The molecule has 0 bridgehead atoms. The molecule has 1 aliphatic heterocycles. The number of aromatic nitrogens is 1. The van der Waals surface area contributed by atoms with Gasteiger partial charge in [-0.3, -0.25) is 19.2 Å². The molecule has 2 aromatic rings. The van der Waals surface area contributed by atoms with Crippen molar-refractivity contribution in [3.63, 3.8) is 0 Å². The minimum Gasteiger partial charge on any atom is -0.480 e. The minimum absolute atomic E-state index is 0.0399. The monoisotopic (exact) mass is 528 g/mol. The molecule has 1 fully saturated rings. The number of carbonyl (C=O) groups excluding carboxylic acids is 4. The summed E-state index contributed by atoms with van der Waals surface area (Å²) in [5, 5.41) is 15.6. The molecule has 2 heterocycles. The van der Waals surface area contributed by atoms with Gasteiger partial charge in [0.15, 0.2) is 0 Å². The standard InChI is InChI=1S/C26H36N6O6/c1-14(2)10-20(26(37)38)31-24(35)21-8-5-9-32(21)25(36)19(30-23(34)17(27)12-22(28)33)11-15-13-29-18-7-4-3-6-16(15)18/h3-4,6-7,13-14,17,19-21,29H,5,8-12,27H2,1-2H3,(H2,28,33)(H,30,34)(H,31,35)(H,37,38). The first-order valence-electron chi connectivity index (χ1n) is 12.7. The van der Waals surface area contributed by atoms with Crippen molar-refractivity contribution in [1.29, 1.82) is 0 Å². The highest BCUT2D eigenvalue weighted by molar-refractivity contribution is 5.96. The molecule has 0 spiro atoms. The van der Waals surface area contributed by atoms with Gasteiger partial charge < -0.3 is 37.1 Å². The lowest BCUT2D eigenvalue weighted by molar-refractivity contribution is -0.145. The van der Waals surface area contributed by atoms with Gasteiger partial charge in [0.25, 0.3) is 0 Å². The molecule has 38 heavy (non-hydrogen) atoms. The molecule has 4 unspecified atom stereocenters. The number of H-pyrrole nitrogens is 1. The molecule has 4 atom stereocenters. The maximum Gasteiger partial charge on any atom is 0.326 e. The van der Waals surface area contributed by atoms with E-state index in [1.54, 1.807) is 6.20 Å². The number of rotatable bonds is 12. The summed E-state index contributed by atoms with van der Waals surface area (Å²) in [5.41, 5.74) is 12.6. The Bertz CT molecular complexity index is 1190. The second-order valence-corrected chi connectivity index (χ2v) is 10.1. The lowest BCUT2D eigenvalue weighted by Crippen LogP contribution is -2.57. The van der Waals surface area contributed by atoms with E-state index in [2.05, 4.69) is 15.6 Å². The van der Waals surface area contributed by atoms with Gasteiger partial charge in [0.1, 0.15) is 18.1 Å². The van der Waals surface area contributed by atoms with Crippen LogP contribution >= 0.6 is 0 Å². The van der Waals surface area contributed by atoms with Crippen molar-refractivity contribution in [3.05, 3.63) is 36.0 Å². The van der Waals surface area contributed by atoms with Crippen molar-refractivity contribution in [2.24, 2.45) is 17.4 Å². The summed E-state index contributed by atoms with van der Waals surface area (Å²) in [7, 11) is 0. The van der Waals surface area contributed by atoms with Crippen molar-refractivity contribution < 1.29 is 29.1 Å². The Hall–Kier alpha value is -3.93. The Kier molecular flexibility index (Phi) is 9.45. The Morgan fingerprint density at radius 1 is 1.13 bits per heavy atom. The number of carboxylic acid groups (broad SMARTS) is 1. The fourth-order valence-corrected chi connectivity index (χ4v) is 4.77. The number of amides is 4. The molecular weight excluding hydrogens is 492 g/mol. The highest BCUT2D eigenvalue weighted by Gasteiger charge is 2.39. The van der Waals surface area contributed by atoms with E-state index in [4.69, 9.17) is 11.5 Å². The van der Waals surface area contributed by atoms with E-state index in [0.717, 1.165) is 16.5 Å². The quantitative estimate of drug-likeness (QED) is 0.222. The molecule has 1 aromatic heterocycles. The summed E-state index contributed by atoms with van der Waals surface area (Å²) in [4.78, 5) is 67.1. The van der Waals surface area contributed by atoms with Gasteiger partial charge in [0.05, 0.1) is 12.5 Å². The zero-order valence-corrected chi connectivity index (χ0v) is 21.6. The number of nitrogens with one attached hydrogen (secondary N) is 3. The number of para-hydroxylation sites is 1. The number of likely N-dealkylation sites (tertiary alicyclic amines) is 1. The largest absolute Gasteiger partial charge is 0.480 e. The molecule has 1 aromatic carbocycles. The number of primary amides is 1. The second-order valence-electron chi connectivity index (χ2n) is 10.1. The van der Waals surface area contributed by atoms with Crippen LogP contribution < -0.4 is 22.1 Å². The third-order valence-electron chi connectivity index (χ3n) is 6.63. The first kappa shape index (κ1) is 28.6. The number of benzene rings is 1. The minimum atomic E-state index is -1.24. The number of aromatic amines is 1. The number of hydrogen-bond donors (Lipinski definition) is 6. The number of hydrogen-bond acceptors (Lipinski definition) is 6. The zero-order chi connectivity index (χ0) is 28.0. The summed E-state index contributed by atoms with van der Waals surface area (Å²) in [6.07, 6.45) is 2.62. The molecule has 3 rings (SSSR count). The molecule has 0 radical (unpaired) electrons. The maximum absolute atomic E-state index is 13.8. The normalized spacial score (nSPS) is 17.7. The van der Waals surface area contributed by atoms with Crippen LogP contribution in [-0.2, 0) is 30.4 Å². The van der Waals surface area contributed by atoms with Gasteiger partial charge in [-0.1, -0.05) is 32.0 Å². The Morgan fingerprint density at radius 3 is 2.50 bits per heavy atom. The highest BCUT2D eigenvalue weighted by atomic mass is 16.4. The van der Waals surface area contributed by atoms with Crippen LogP contribution in [0.15, 0.2) is 30.5 Å². The van der Waals surface area contributed by atoms with Gasteiger partial charge in [0.2, 0.25) is 23.6 Å². The Balaban J connectivity index is 1.84. The number of carboxylic acids is 1. The SMILES string of the molecule is CC(C)CC(NC(=O)C1CCCN1C(=O)C(Cc1c[nH]c2ccccc12)NC(=O)C(N)CC(N)=O)C(=O)O. The molecule has 8 N–H and O–H groups in total. The summed E-state index contributed by atoms with van der Waals surface area (Å²) >= 11 is 0. The molecule has 1 saturated heterocycles. The van der Waals surface area contributed by atoms with Gasteiger partial charge >= 0.3 is 5.97 Å². The zero-order valence-electron chi connectivity index (χ0n) is 21.6. The summed E-state index contributed by atoms with van der Waals surface area (Å²) in [6.45, 7) is 3.98. The number of nitrogens with two attached hydrogens (primary N) is 2. The fraction of sp³-hybridized carbons (Fsp3) is 0.500. The third kappa shape index (κ3) is 7.09. The van der Waals surface area contributed by atoms with E-state index in [9.17, 15) is 29.1 Å². The highest BCUT2D eigenvalue weighted by Crippen LogP contribution is 2.23. The number of aliphatic carboxylic acids is 1. The first-order valence-corrected chi connectivity index (χ1v) is 12.7. The summed E-state index contributed by atoms with van der Waals surface area (Å²) < 4.78 is 0. The maximum atomic E-state index is 13.8. The molecule has 0 saturated carbocycles. The first-order chi connectivity index (χ1) is 18.0. The smallest absolute Gasteiger partial charge is 0.326 e. The molecule has 1 aliphatic rings. The molecule has 0 aliphatic carbocycles. The summed E-state index contributed by atoms with van der Waals surface area (Å²) in [5.74, 6) is -3.62. The van der Waals surface area contributed by atoms with Crippen LogP contribution in [0.1, 0.15) is 45.1 Å². The second kappa shape index (κ2) is 12.5. The van der Waals surface area contributed by atoms with Crippen LogP contribution in [0.25, 0.3) is 10.9 Å². The van der Waals surface area contributed by atoms with Crippen molar-refractivity contribution >= 4 is 40.5 Å². The molecule has 206 valence electrons. The average molecular weight is 529 g/mol. The van der Waals surface area contributed by atoms with Crippen LogP contribution in [0, 0.1) is 5.92 Å². The number of nitrogens with zero attached hydrogens (tertiary/aromatic N) is 1. The number of carbonyl (C=O) groups is 5. The topological polar surface area (TPSA) is 201 Å². The van der Waals surface area contributed by atoms with Gasteiger partial charge in [-0.15, -0.1) is 0 Å². The van der Waals surface area contributed by atoms with Gasteiger partial charge in [-0.2, -0.15) is 0 Å². The van der Waals surface area contributed by atoms with E-state index in [-0.39, 0.29) is 31.7 Å². The Morgan fingerprint density at radius 2 is 1.84 bits per heavy atom. The lowest BCUT2D eigenvalue weighted by atomic mass is 10.0. The van der Waals surface area contributed by atoms with Crippen molar-refractivity contribution in [3.8, 4) is 0 Å². The number of fused-ring (bicyclic) bond motifs is 1. The lowest BCUT2D eigenvalue weighted by Gasteiger charge is -2.30. The average Bonchev–Trinajstić information content (AvgIpc) is 3.49. The van der Waals surface area contributed by atoms with E-state index in [1.165, 1.54) is 4.90 Å². The van der Waals surface area contributed by atoms with Crippen molar-refractivity contribution in [2.75, 3.05) is 6.54 Å². The molecule has 12 nitrogen and oxygen atoms in total. The third-order valence-corrected chi connectivity index (χ3v) is 6.63. The molecular formula is C26H36N6O6. The van der Waals surface area contributed by atoms with Crippen molar-refractivity contribution in [2.45, 2.75) is 70.1 Å². The Labute approximate surface area is 220 Å². The van der Waals surface area contributed by atoms with E-state index < -0.39 is 53.8 Å². The van der Waals surface area contributed by atoms with E-state index in [0.29, 0.717) is 12.8 Å². The predicted molar refractivity (Wildman–Crippen MR) is 139 cm³/mol. The molecule has 4 amide bonds. The fourth-order valence-electron chi connectivity index (χ4n) is 4.77. The van der Waals surface area contributed by atoms with E-state index >= 15 is 0 Å². The van der Waals surface area contributed by atoms with Crippen LogP contribution in [0.4, 0.5) is 0 Å². The summed E-state index contributed by atoms with van der Waals surface area (Å²) in [6, 6.07) is 3.22. The van der Waals surface area contributed by atoms with Gasteiger partial charge in [0, 0.05) is 30.1 Å². The van der Waals surface area contributed by atoms with E-state index in [1.807, 2.05) is 38.1 Å². The van der Waals surface area contributed by atoms with Crippen LogP contribution in [-0.4, -0.2) is 75.3 Å². The molecule has 12 heteroatoms. The van der Waals surface area contributed by atoms with Crippen LogP contribution in [0.2, 0.25) is 0 Å². The van der Waals surface area contributed by atoms with Crippen LogP contribution in [0.5, 0.6) is 0 Å². The van der Waals surface area contributed by atoms with Gasteiger partial charge in [-0.25, -0.2) is 4.79 Å². The van der Waals surface area contributed by atoms with Crippen molar-refractivity contribution in [1.82, 2.24) is 20.5 Å². The predicted octanol–water partition coefficient (Wildman–Crippen LogP) is 0.00440.